The average Bonchev–Trinajstić information content (AvgIpc) is 3.09. The van der Waals surface area contributed by atoms with Crippen molar-refractivity contribution in [3.05, 3.63) is 105 Å². The number of methoxy groups -OCH3 is 1. The maximum absolute atomic E-state index is 13.1. The van der Waals surface area contributed by atoms with Gasteiger partial charge in [0.05, 0.1) is 23.6 Å². The summed E-state index contributed by atoms with van der Waals surface area (Å²) in [5.74, 6) is -1.48. The van der Waals surface area contributed by atoms with Crippen LogP contribution in [0.1, 0.15) is 22.7 Å². The van der Waals surface area contributed by atoms with E-state index in [4.69, 9.17) is 4.74 Å². The van der Waals surface area contributed by atoms with Crippen molar-refractivity contribution in [3.8, 4) is 5.75 Å². The van der Waals surface area contributed by atoms with Crippen LogP contribution in [-0.2, 0) is 16.1 Å². The van der Waals surface area contributed by atoms with E-state index in [1.807, 2.05) is 0 Å². The first-order chi connectivity index (χ1) is 15.9. The number of nitro groups is 1. The molecule has 1 atom stereocenters. The lowest BCUT2D eigenvalue weighted by molar-refractivity contribution is -0.384. The van der Waals surface area contributed by atoms with Crippen molar-refractivity contribution in [2.24, 2.45) is 0 Å². The molecule has 3 aromatic rings. The van der Waals surface area contributed by atoms with Gasteiger partial charge in [0.2, 0.25) is 0 Å². The number of aliphatic hydroxyl groups excluding tert-OH is 1. The molecule has 1 saturated heterocycles. The second kappa shape index (κ2) is 8.91. The van der Waals surface area contributed by atoms with Crippen molar-refractivity contribution in [1.82, 2.24) is 9.88 Å². The number of rotatable bonds is 6. The fourth-order valence-electron chi connectivity index (χ4n) is 3.78. The monoisotopic (exact) mass is 445 g/mol. The molecule has 0 saturated carbocycles. The summed E-state index contributed by atoms with van der Waals surface area (Å²) in [5, 5.41) is 22.0. The zero-order valence-corrected chi connectivity index (χ0v) is 17.5. The largest absolute Gasteiger partial charge is 0.507 e. The lowest BCUT2D eigenvalue weighted by Crippen LogP contribution is -2.29. The molecule has 9 heteroatoms. The highest BCUT2D eigenvalue weighted by atomic mass is 16.6. The van der Waals surface area contributed by atoms with Crippen LogP contribution < -0.4 is 4.74 Å². The van der Waals surface area contributed by atoms with Crippen molar-refractivity contribution in [1.29, 1.82) is 0 Å². The summed E-state index contributed by atoms with van der Waals surface area (Å²) in [6, 6.07) is 14.6. The second-order valence-corrected chi connectivity index (χ2v) is 7.36. The van der Waals surface area contributed by atoms with Gasteiger partial charge in [0, 0.05) is 36.6 Å². The van der Waals surface area contributed by atoms with E-state index in [1.54, 1.807) is 48.8 Å². The van der Waals surface area contributed by atoms with Crippen LogP contribution in [0.4, 0.5) is 5.69 Å². The van der Waals surface area contributed by atoms with E-state index < -0.39 is 28.4 Å². The molecule has 4 rings (SSSR count). The van der Waals surface area contributed by atoms with Gasteiger partial charge in [-0.1, -0.05) is 12.1 Å². The van der Waals surface area contributed by atoms with Gasteiger partial charge in [0.1, 0.15) is 11.5 Å². The fraction of sp³-hybridized carbons (Fsp3) is 0.125. The molecule has 2 heterocycles. The maximum atomic E-state index is 13.1. The summed E-state index contributed by atoms with van der Waals surface area (Å²) in [6.07, 6.45) is 3.17. The number of hydrogen-bond donors (Lipinski definition) is 1. The SMILES string of the molecule is COc1cccc(C2/C(=C(/O)c3ccc([N+](=O)[O-])cc3)C(=O)C(=O)N2Cc2ccncc2)c1. The number of amides is 1. The number of aromatic nitrogens is 1. The van der Waals surface area contributed by atoms with Crippen LogP contribution in [0.3, 0.4) is 0 Å². The van der Waals surface area contributed by atoms with Gasteiger partial charge in [0.15, 0.2) is 0 Å². The van der Waals surface area contributed by atoms with Crippen molar-refractivity contribution in [2.45, 2.75) is 12.6 Å². The predicted octanol–water partition coefficient (Wildman–Crippen LogP) is 3.62. The maximum Gasteiger partial charge on any atom is 0.295 e. The molecule has 1 fully saturated rings. The number of aliphatic hydroxyl groups is 1. The van der Waals surface area contributed by atoms with E-state index in [9.17, 15) is 24.8 Å². The molecule has 9 nitrogen and oxygen atoms in total. The lowest BCUT2D eigenvalue weighted by Gasteiger charge is -2.25. The Kier molecular flexibility index (Phi) is 5.86. The van der Waals surface area contributed by atoms with Crippen molar-refractivity contribution >= 4 is 23.1 Å². The van der Waals surface area contributed by atoms with Crippen LogP contribution in [0.2, 0.25) is 0 Å². The van der Waals surface area contributed by atoms with Gasteiger partial charge < -0.3 is 14.7 Å². The summed E-state index contributed by atoms with van der Waals surface area (Å²) < 4.78 is 5.30. The molecule has 1 amide bonds. The van der Waals surface area contributed by atoms with E-state index >= 15 is 0 Å². The third-order valence-electron chi connectivity index (χ3n) is 5.40. The first kappa shape index (κ1) is 21.7. The van der Waals surface area contributed by atoms with Crippen molar-refractivity contribution in [3.63, 3.8) is 0 Å². The van der Waals surface area contributed by atoms with Crippen molar-refractivity contribution in [2.75, 3.05) is 7.11 Å². The Morgan fingerprint density at radius 1 is 1.12 bits per heavy atom. The highest BCUT2D eigenvalue weighted by molar-refractivity contribution is 6.46. The Morgan fingerprint density at radius 2 is 1.82 bits per heavy atom. The molecule has 1 unspecified atom stereocenters. The average molecular weight is 445 g/mol. The second-order valence-electron chi connectivity index (χ2n) is 7.36. The standard InChI is InChI=1S/C24H19N3O6/c1-33-19-4-2-3-17(13-19)21-20(22(28)16-5-7-18(8-6-16)27(31)32)23(29)24(30)26(21)14-15-9-11-25-12-10-15/h2-13,21,28H,14H2,1H3/b22-20-. The summed E-state index contributed by atoms with van der Waals surface area (Å²) in [5.41, 5.74) is 1.27. The number of nitrogens with zero attached hydrogens (tertiary/aromatic N) is 3. The zero-order chi connectivity index (χ0) is 23.5. The molecule has 1 N–H and O–H groups in total. The van der Waals surface area contributed by atoms with Crippen LogP contribution in [-0.4, -0.2) is 38.7 Å². The summed E-state index contributed by atoms with van der Waals surface area (Å²) in [7, 11) is 1.50. The third-order valence-corrected chi connectivity index (χ3v) is 5.40. The lowest BCUT2D eigenvalue weighted by atomic mass is 9.95. The van der Waals surface area contributed by atoms with Gasteiger partial charge in [-0.15, -0.1) is 0 Å². The molecule has 1 aliphatic heterocycles. The number of carbonyl (C=O) groups is 2. The van der Waals surface area contributed by atoms with E-state index in [2.05, 4.69) is 4.98 Å². The predicted molar refractivity (Wildman–Crippen MR) is 118 cm³/mol. The summed E-state index contributed by atoms with van der Waals surface area (Å²) >= 11 is 0. The molecular weight excluding hydrogens is 426 g/mol. The normalized spacial score (nSPS) is 17.2. The number of Topliss-reactive ketones (excluding diaryl/α,β-unsaturated/α-hetero) is 1. The fourth-order valence-corrected chi connectivity index (χ4v) is 3.78. The smallest absolute Gasteiger partial charge is 0.295 e. The topological polar surface area (TPSA) is 123 Å². The molecule has 166 valence electrons. The van der Waals surface area contributed by atoms with Gasteiger partial charge >= 0.3 is 0 Å². The first-order valence-electron chi connectivity index (χ1n) is 9.97. The number of benzene rings is 2. The Balaban J connectivity index is 1.85. The minimum Gasteiger partial charge on any atom is -0.507 e. The van der Waals surface area contributed by atoms with E-state index in [0.717, 1.165) is 5.56 Å². The Bertz CT molecular complexity index is 1250. The van der Waals surface area contributed by atoms with Gasteiger partial charge in [-0.2, -0.15) is 0 Å². The van der Waals surface area contributed by atoms with Gasteiger partial charge in [0.25, 0.3) is 17.4 Å². The van der Waals surface area contributed by atoms with E-state index in [1.165, 1.54) is 36.3 Å². The molecule has 0 radical (unpaired) electrons. The minimum absolute atomic E-state index is 0.101. The summed E-state index contributed by atoms with van der Waals surface area (Å²) in [6.45, 7) is 0.117. The first-order valence-corrected chi connectivity index (χ1v) is 9.97. The van der Waals surface area contributed by atoms with Crippen LogP contribution in [0.15, 0.2) is 78.6 Å². The molecule has 0 spiro atoms. The Labute approximate surface area is 188 Å². The molecule has 2 aromatic carbocycles. The van der Waals surface area contributed by atoms with E-state index in [-0.39, 0.29) is 23.4 Å². The van der Waals surface area contributed by atoms with Gasteiger partial charge in [-0.25, -0.2) is 0 Å². The number of ketones is 1. The summed E-state index contributed by atoms with van der Waals surface area (Å²) in [4.78, 5) is 41.9. The zero-order valence-electron chi connectivity index (χ0n) is 17.5. The molecule has 1 aliphatic rings. The molecule has 0 bridgehead atoms. The van der Waals surface area contributed by atoms with Crippen LogP contribution in [0.25, 0.3) is 5.76 Å². The molecular formula is C24H19N3O6. The van der Waals surface area contributed by atoms with Crippen LogP contribution in [0.5, 0.6) is 5.75 Å². The number of nitro benzene ring substituents is 1. The number of non-ortho nitro benzene ring substituents is 1. The van der Waals surface area contributed by atoms with Gasteiger partial charge in [-0.05, 0) is 47.5 Å². The number of pyridine rings is 1. The Morgan fingerprint density at radius 3 is 2.45 bits per heavy atom. The number of likely N-dealkylation sites (tertiary alicyclic amines) is 1. The minimum atomic E-state index is -0.886. The van der Waals surface area contributed by atoms with Crippen LogP contribution in [0, 0.1) is 10.1 Å². The third kappa shape index (κ3) is 4.16. The quantitative estimate of drug-likeness (QED) is 0.202. The number of hydrogen-bond acceptors (Lipinski definition) is 7. The molecule has 33 heavy (non-hydrogen) atoms. The molecule has 1 aromatic heterocycles. The van der Waals surface area contributed by atoms with E-state index in [0.29, 0.717) is 11.3 Å². The highest BCUT2D eigenvalue weighted by Crippen LogP contribution is 2.41. The number of carbonyl (C=O) groups excluding carboxylic acids is 2. The molecule has 0 aliphatic carbocycles. The highest BCUT2D eigenvalue weighted by Gasteiger charge is 2.46. The van der Waals surface area contributed by atoms with Crippen LogP contribution >= 0.6 is 0 Å². The number of ether oxygens (including phenoxy) is 1. The Hall–Kier alpha value is -4.53. The van der Waals surface area contributed by atoms with Crippen molar-refractivity contribution < 1.29 is 24.4 Å². The van der Waals surface area contributed by atoms with Gasteiger partial charge in [-0.3, -0.25) is 24.7 Å².